The highest BCUT2D eigenvalue weighted by atomic mass is 31.1. The van der Waals surface area contributed by atoms with Gasteiger partial charge in [-0.3, -0.25) is 0 Å². The van der Waals surface area contributed by atoms with Crippen LogP contribution < -0.4 is 0 Å². The van der Waals surface area contributed by atoms with Gasteiger partial charge in [-0.1, -0.05) is 34.1 Å². The van der Waals surface area contributed by atoms with Gasteiger partial charge in [-0.05, 0) is 48.0 Å². The predicted molar refractivity (Wildman–Crippen MR) is 73.5 cm³/mol. The quantitative estimate of drug-likeness (QED) is 0.730. The van der Waals surface area contributed by atoms with E-state index < -0.39 is 8.03 Å². The third-order valence-corrected chi connectivity index (χ3v) is 5.32. The third kappa shape index (κ3) is 4.67. The van der Waals surface area contributed by atoms with Crippen molar-refractivity contribution in [1.82, 2.24) is 0 Å². The molecule has 0 spiro atoms. The first-order valence-electron chi connectivity index (χ1n) is 6.91. The Kier molecular flexibility index (Phi) is 5.16. The van der Waals surface area contributed by atoms with Gasteiger partial charge in [-0.25, -0.2) is 0 Å². The van der Waals surface area contributed by atoms with Crippen molar-refractivity contribution in [3.8, 4) is 0 Å². The van der Waals surface area contributed by atoms with E-state index in [1.54, 1.807) is 0 Å². The summed E-state index contributed by atoms with van der Waals surface area (Å²) in [5, 5.41) is -0.266. The molecule has 0 aromatic heterocycles. The van der Waals surface area contributed by atoms with E-state index in [4.69, 9.17) is 0 Å². The van der Waals surface area contributed by atoms with E-state index in [0.717, 1.165) is 38.5 Å². The monoisotopic (exact) mass is 259 g/mol. The molecule has 2 atom stereocenters. The second-order valence-electron chi connectivity index (χ2n) is 7.13. The Morgan fingerprint density at radius 1 is 1.24 bits per heavy atom. The van der Waals surface area contributed by atoms with Crippen LogP contribution >= 0.6 is 8.03 Å². The lowest BCUT2D eigenvalue weighted by molar-refractivity contribution is 0.243. The third-order valence-electron chi connectivity index (χ3n) is 3.88. The van der Waals surface area contributed by atoms with E-state index in [0.29, 0.717) is 11.3 Å². The van der Waals surface area contributed by atoms with Gasteiger partial charge < -0.3 is 0 Å². The van der Waals surface area contributed by atoms with Crippen molar-refractivity contribution in [1.29, 1.82) is 0 Å². The molecule has 2 unspecified atom stereocenters. The minimum Gasteiger partial charge on any atom is -0.160 e. The zero-order valence-corrected chi connectivity index (χ0v) is 12.7. The molecule has 1 rings (SSSR count). The molecule has 1 N–H and O–H groups in total. The number of hydrogen-bond donors (Lipinski definition) is 1. The van der Waals surface area contributed by atoms with Gasteiger partial charge in [0, 0.05) is 6.42 Å². The summed E-state index contributed by atoms with van der Waals surface area (Å²) in [6, 6.07) is 0. The minimum absolute atomic E-state index is 0.266. The molecule has 0 aliphatic heterocycles. The highest BCUT2D eigenvalue weighted by Crippen LogP contribution is 2.51. The van der Waals surface area contributed by atoms with Gasteiger partial charge in [0.15, 0.2) is 5.16 Å². The van der Waals surface area contributed by atoms with Crippen molar-refractivity contribution in [3.63, 3.8) is 0 Å². The Hall–Kier alpha value is 0.0600. The summed E-state index contributed by atoms with van der Waals surface area (Å²) >= 11 is 0. The van der Waals surface area contributed by atoms with Crippen LogP contribution in [0.5, 0.6) is 0 Å². The molecule has 0 amide bonds. The minimum atomic E-state index is -2.03. The molecule has 0 bridgehead atoms. The first-order chi connectivity index (χ1) is 7.75. The number of rotatable bonds is 4. The van der Waals surface area contributed by atoms with Crippen molar-refractivity contribution >= 4 is 8.03 Å². The summed E-state index contributed by atoms with van der Waals surface area (Å²) in [6.07, 6.45) is 7.46. The summed E-state index contributed by atoms with van der Waals surface area (Å²) in [6.45, 7) is 8.97. The van der Waals surface area contributed by atoms with Crippen LogP contribution in [0.2, 0.25) is 0 Å². The largest absolute Gasteiger partial charge is 0.511 e. The molecule has 0 radical (unpaired) electrons. The van der Waals surface area contributed by atoms with Gasteiger partial charge in [-0.15, -0.1) is 0 Å². The van der Waals surface area contributed by atoms with Gasteiger partial charge >= 0.3 is 8.03 Å². The average molecular weight is 259 g/mol. The standard InChI is InChI=1S/C14H27O2P/c1-12(10-13(2,3)4)11-14(17(15)16)8-6-5-7-9-14/h12H,5-11H2,1-4H3/p+1. The van der Waals surface area contributed by atoms with Crippen molar-refractivity contribution in [2.75, 3.05) is 0 Å². The van der Waals surface area contributed by atoms with Crippen LogP contribution in [-0.2, 0) is 4.57 Å². The fraction of sp³-hybridized carbons (Fsp3) is 1.00. The summed E-state index contributed by atoms with van der Waals surface area (Å²) in [5.41, 5.74) is 0.316. The Bertz CT molecular complexity index is 262. The fourth-order valence-electron chi connectivity index (χ4n) is 3.45. The van der Waals surface area contributed by atoms with Gasteiger partial charge in [0.1, 0.15) is 0 Å². The molecule has 3 heteroatoms. The highest BCUT2D eigenvalue weighted by molar-refractivity contribution is 7.40. The van der Waals surface area contributed by atoms with Gasteiger partial charge in [-0.2, -0.15) is 4.89 Å². The van der Waals surface area contributed by atoms with Gasteiger partial charge in [0.25, 0.3) is 0 Å². The first-order valence-corrected chi connectivity index (χ1v) is 8.13. The Balaban J connectivity index is 2.64. The van der Waals surface area contributed by atoms with E-state index in [2.05, 4.69) is 27.7 Å². The Labute approximate surface area is 107 Å². The van der Waals surface area contributed by atoms with Crippen molar-refractivity contribution in [2.45, 2.75) is 77.8 Å². The summed E-state index contributed by atoms with van der Waals surface area (Å²) in [7, 11) is -2.03. The molecule has 1 saturated carbocycles. The maximum atomic E-state index is 11.7. The number of hydrogen-bond acceptors (Lipinski definition) is 1. The van der Waals surface area contributed by atoms with E-state index >= 15 is 0 Å². The molecular formula is C14H28O2P+. The maximum absolute atomic E-state index is 11.7. The zero-order chi connectivity index (χ0) is 13.1. The molecule has 0 heterocycles. The van der Waals surface area contributed by atoms with Crippen molar-refractivity contribution in [3.05, 3.63) is 0 Å². The van der Waals surface area contributed by atoms with Crippen LogP contribution in [0.1, 0.15) is 72.6 Å². The average Bonchev–Trinajstić information content (AvgIpc) is 2.15. The lowest BCUT2D eigenvalue weighted by Crippen LogP contribution is -2.31. The van der Waals surface area contributed by atoms with Crippen LogP contribution in [0.15, 0.2) is 0 Å². The first kappa shape index (κ1) is 15.1. The molecule has 2 nitrogen and oxygen atoms in total. The maximum Gasteiger partial charge on any atom is 0.511 e. The molecule has 0 aromatic carbocycles. The van der Waals surface area contributed by atoms with E-state index in [1.165, 1.54) is 6.42 Å². The van der Waals surface area contributed by atoms with Crippen molar-refractivity contribution in [2.24, 2.45) is 11.3 Å². The Morgan fingerprint density at radius 3 is 2.18 bits per heavy atom. The summed E-state index contributed by atoms with van der Waals surface area (Å²) in [5.74, 6) is 0.541. The molecular weight excluding hydrogens is 231 g/mol. The van der Waals surface area contributed by atoms with Crippen molar-refractivity contribution < 1.29 is 9.46 Å². The van der Waals surface area contributed by atoms with Crippen LogP contribution in [0, 0.1) is 11.3 Å². The smallest absolute Gasteiger partial charge is 0.160 e. The SMILES string of the molecule is CC(CC(C)(C)C)CC1([P+](=O)O)CCCCC1. The van der Waals surface area contributed by atoms with Crippen LogP contribution in [0.4, 0.5) is 0 Å². The summed E-state index contributed by atoms with van der Waals surface area (Å²) < 4.78 is 11.7. The molecule has 0 saturated heterocycles. The van der Waals surface area contributed by atoms with E-state index in [1.807, 2.05) is 0 Å². The second kappa shape index (κ2) is 5.80. The normalized spacial score (nSPS) is 23.2. The highest BCUT2D eigenvalue weighted by Gasteiger charge is 2.50. The predicted octanol–water partition coefficient (Wildman–Crippen LogP) is 4.89. The topological polar surface area (TPSA) is 37.3 Å². The summed E-state index contributed by atoms with van der Waals surface area (Å²) in [4.78, 5) is 9.68. The van der Waals surface area contributed by atoms with Gasteiger partial charge in [0.05, 0.1) is 0 Å². The molecule has 1 aliphatic carbocycles. The molecule has 1 fully saturated rings. The molecule has 1 aliphatic rings. The van der Waals surface area contributed by atoms with Crippen LogP contribution in [0.3, 0.4) is 0 Å². The van der Waals surface area contributed by atoms with E-state index in [-0.39, 0.29) is 5.16 Å². The van der Waals surface area contributed by atoms with Gasteiger partial charge in [0.2, 0.25) is 0 Å². The second-order valence-corrected chi connectivity index (χ2v) is 8.63. The fourth-order valence-corrected chi connectivity index (χ4v) is 4.62. The van der Waals surface area contributed by atoms with Crippen LogP contribution in [-0.4, -0.2) is 10.0 Å². The van der Waals surface area contributed by atoms with Crippen LogP contribution in [0.25, 0.3) is 0 Å². The zero-order valence-electron chi connectivity index (χ0n) is 11.8. The molecule has 17 heavy (non-hydrogen) atoms. The molecule has 100 valence electrons. The van der Waals surface area contributed by atoms with E-state index in [9.17, 15) is 9.46 Å². The lowest BCUT2D eigenvalue weighted by atomic mass is 9.77. The molecule has 0 aromatic rings. The lowest BCUT2D eigenvalue weighted by Gasteiger charge is -2.31. The Morgan fingerprint density at radius 2 is 1.76 bits per heavy atom.